The van der Waals surface area contributed by atoms with Gasteiger partial charge in [0.1, 0.15) is 30.3 Å². The molecule has 0 heterocycles. The third kappa shape index (κ3) is 7.37. The van der Waals surface area contributed by atoms with Crippen molar-refractivity contribution in [2.75, 3.05) is 27.3 Å². The minimum absolute atomic E-state index is 0.0775. The van der Waals surface area contributed by atoms with Crippen LogP contribution < -0.4 is 4.74 Å². The molecule has 0 aliphatic heterocycles. The van der Waals surface area contributed by atoms with Crippen molar-refractivity contribution in [1.29, 1.82) is 0 Å². The standard InChI is InChI=1S/C21H18ClF3N2O7/c1-26(2)20(29)33-10-4-3-9-32-19(28)15-12-14(6-7-17(15)27(30)31)34-18-8-5-13(11-16(18)22)21(23,24)25/h3-8,11-12H,9-10H2,1-2H3. The van der Waals surface area contributed by atoms with Gasteiger partial charge in [0, 0.05) is 26.2 Å². The first-order chi connectivity index (χ1) is 15.9. The van der Waals surface area contributed by atoms with E-state index in [2.05, 4.69) is 0 Å². The number of ether oxygens (including phenoxy) is 3. The van der Waals surface area contributed by atoms with E-state index in [0.717, 1.165) is 30.3 Å². The van der Waals surface area contributed by atoms with E-state index in [-0.39, 0.29) is 29.7 Å². The van der Waals surface area contributed by atoms with Gasteiger partial charge >= 0.3 is 18.2 Å². The fourth-order valence-electron chi connectivity index (χ4n) is 2.37. The summed E-state index contributed by atoms with van der Waals surface area (Å²) in [5, 5.41) is 10.9. The summed E-state index contributed by atoms with van der Waals surface area (Å²) in [5.74, 6) is -1.30. The van der Waals surface area contributed by atoms with Gasteiger partial charge in [-0.1, -0.05) is 11.6 Å². The van der Waals surface area contributed by atoms with Crippen LogP contribution in [0, 0.1) is 10.1 Å². The molecule has 0 unspecified atom stereocenters. The van der Waals surface area contributed by atoms with E-state index < -0.39 is 40.0 Å². The van der Waals surface area contributed by atoms with Crippen LogP contribution in [0.3, 0.4) is 0 Å². The third-order valence-corrected chi connectivity index (χ3v) is 4.31. The average Bonchev–Trinajstić information content (AvgIpc) is 2.76. The predicted molar refractivity (Wildman–Crippen MR) is 114 cm³/mol. The second-order valence-electron chi connectivity index (χ2n) is 6.72. The molecule has 2 aromatic carbocycles. The molecule has 0 bridgehead atoms. The second-order valence-corrected chi connectivity index (χ2v) is 7.13. The topological polar surface area (TPSA) is 108 Å². The molecule has 0 aliphatic carbocycles. The SMILES string of the molecule is CN(C)C(=O)OCC=CCOC(=O)c1cc(Oc2ccc(C(F)(F)F)cc2Cl)ccc1[N+](=O)[O-]. The summed E-state index contributed by atoms with van der Waals surface area (Å²) >= 11 is 5.85. The van der Waals surface area contributed by atoms with Gasteiger partial charge in [-0.25, -0.2) is 9.59 Å². The maximum absolute atomic E-state index is 12.8. The first-order valence-electron chi connectivity index (χ1n) is 9.39. The lowest BCUT2D eigenvalue weighted by molar-refractivity contribution is -0.385. The van der Waals surface area contributed by atoms with Crippen LogP contribution in [0.1, 0.15) is 15.9 Å². The van der Waals surface area contributed by atoms with Gasteiger partial charge in [-0.2, -0.15) is 13.2 Å². The molecule has 0 aromatic heterocycles. The highest BCUT2D eigenvalue weighted by atomic mass is 35.5. The lowest BCUT2D eigenvalue weighted by Gasteiger charge is -2.12. The molecule has 9 nitrogen and oxygen atoms in total. The number of carbonyl (C=O) groups is 2. The van der Waals surface area contributed by atoms with Crippen LogP contribution in [0.2, 0.25) is 5.02 Å². The Morgan fingerprint density at radius 3 is 2.29 bits per heavy atom. The molecule has 13 heteroatoms. The van der Waals surface area contributed by atoms with Crippen LogP contribution >= 0.6 is 11.6 Å². The van der Waals surface area contributed by atoms with E-state index in [0.29, 0.717) is 6.07 Å². The molecule has 0 saturated heterocycles. The number of nitro benzene ring substituents is 1. The van der Waals surface area contributed by atoms with Crippen molar-refractivity contribution in [3.63, 3.8) is 0 Å². The van der Waals surface area contributed by atoms with E-state index in [1.54, 1.807) is 0 Å². The smallest absolute Gasteiger partial charge is 0.416 e. The van der Waals surface area contributed by atoms with Gasteiger partial charge in [0.2, 0.25) is 0 Å². The monoisotopic (exact) mass is 502 g/mol. The second kappa shape index (κ2) is 11.4. The summed E-state index contributed by atoms with van der Waals surface area (Å²) in [5.41, 5.74) is -2.00. The van der Waals surface area contributed by atoms with Gasteiger partial charge in [-0.05, 0) is 36.4 Å². The van der Waals surface area contributed by atoms with Crippen LogP contribution in [0.15, 0.2) is 48.6 Å². The van der Waals surface area contributed by atoms with Crippen molar-refractivity contribution in [1.82, 2.24) is 4.90 Å². The highest BCUT2D eigenvalue weighted by Crippen LogP contribution is 2.37. The number of benzene rings is 2. The number of alkyl halides is 3. The third-order valence-electron chi connectivity index (χ3n) is 4.02. The fraction of sp³-hybridized carbons (Fsp3) is 0.238. The predicted octanol–water partition coefficient (Wildman–Crippen LogP) is 5.47. The van der Waals surface area contributed by atoms with Crippen LogP contribution in [-0.4, -0.2) is 49.2 Å². The van der Waals surface area contributed by atoms with E-state index in [9.17, 15) is 32.9 Å². The molecule has 34 heavy (non-hydrogen) atoms. The first-order valence-corrected chi connectivity index (χ1v) is 9.77. The number of hydrogen-bond acceptors (Lipinski definition) is 7. The number of amides is 1. The summed E-state index contributed by atoms with van der Waals surface area (Å²) in [6, 6.07) is 5.56. The Hall–Kier alpha value is -3.80. The number of nitro groups is 1. The number of halogens is 4. The quantitative estimate of drug-likeness (QED) is 0.204. The molecule has 0 radical (unpaired) electrons. The minimum Gasteiger partial charge on any atom is -0.458 e. The normalized spacial score (nSPS) is 11.2. The molecule has 0 aliphatic rings. The van der Waals surface area contributed by atoms with Crippen molar-refractivity contribution in [3.05, 3.63) is 74.8 Å². The van der Waals surface area contributed by atoms with Crippen molar-refractivity contribution in [2.24, 2.45) is 0 Å². The zero-order chi connectivity index (χ0) is 25.5. The maximum Gasteiger partial charge on any atom is 0.416 e. The lowest BCUT2D eigenvalue weighted by atomic mass is 10.1. The Kier molecular flexibility index (Phi) is 8.84. The van der Waals surface area contributed by atoms with E-state index in [1.807, 2.05) is 0 Å². The highest BCUT2D eigenvalue weighted by Gasteiger charge is 2.31. The van der Waals surface area contributed by atoms with Crippen molar-refractivity contribution < 1.29 is 41.9 Å². The Bertz CT molecular complexity index is 1100. The molecule has 0 atom stereocenters. The largest absolute Gasteiger partial charge is 0.458 e. The molecule has 182 valence electrons. The molecular weight excluding hydrogens is 485 g/mol. The molecule has 2 aromatic rings. The van der Waals surface area contributed by atoms with Gasteiger partial charge in [0.15, 0.2) is 0 Å². The number of rotatable bonds is 8. The van der Waals surface area contributed by atoms with Gasteiger partial charge in [0.05, 0.1) is 15.5 Å². The lowest BCUT2D eigenvalue weighted by Crippen LogP contribution is -2.22. The Balaban J connectivity index is 2.12. The van der Waals surface area contributed by atoms with E-state index >= 15 is 0 Å². The van der Waals surface area contributed by atoms with Crippen molar-refractivity contribution in [3.8, 4) is 11.5 Å². The molecule has 0 fully saturated rings. The number of carbonyl (C=O) groups excluding carboxylic acids is 2. The zero-order valence-corrected chi connectivity index (χ0v) is 18.6. The Labute approximate surface area is 196 Å². The number of hydrogen-bond donors (Lipinski definition) is 0. The Morgan fingerprint density at radius 2 is 1.74 bits per heavy atom. The van der Waals surface area contributed by atoms with Crippen LogP contribution in [-0.2, 0) is 15.7 Å². The Morgan fingerprint density at radius 1 is 1.09 bits per heavy atom. The van der Waals surface area contributed by atoms with Crippen molar-refractivity contribution in [2.45, 2.75) is 6.18 Å². The zero-order valence-electron chi connectivity index (χ0n) is 17.8. The van der Waals surface area contributed by atoms with Gasteiger partial charge in [0.25, 0.3) is 5.69 Å². The average molecular weight is 503 g/mol. The first kappa shape index (κ1) is 26.5. The molecule has 0 saturated carbocycles. The molecule has 0 N–H and O–H groups in total. The fourth-order valence-corrected chi connectivity index (χ4v) is 2.59. The molecule has 0 spiro atoms. The van der Waals surface area contributed by atoms with Crippen LogP contribution in [0.5, 0.6) is 11.5 Å². The summed E-state index contributed by atoms with van der Waals surface area (Å²) in [7, 11) is 3.01. The van der Waals surface area contributed by atoms with E-state index in [1.165, 1.54) is 31.1 Å². The minimum atomic E-state index is -4.60. The highest BCUT2D eigenvalue weighted by molar-refractivity contribution is 6.32. The summed E-state index contributed by atoms with van der Waals surface area (Å²) in [4.78, 5) is 35.3. The number of nitrogens with zero attached hydrogens (tertiary/aromatic N) is 2. The summed E-state index contributed by atoms with van der Waals surface area (Å²) in [6.07, 6.45) is -2.39. The van der Waals surface area contributed by atoms with Crippen LogP contribution in [0.4, 0.5) is 23.7 Å². The van der Waals surface area contributed by atoms with E-state index in [4.69, 9.17) is 25.8 Å². The number of esters is 1. The molecule has 1 amide bonds. The summed E-state index contributed by atoms with van der Waals surface area (Å²) in [6.45, 7) is -0.350. The summed E-state index contributed by atoms with van der Waals surface area (Å²) < 4.78 is 53.6. The van der Waals surface area contributed by atoms with Crippen LogP contribution in [0.25, 0.3) is 0 Å². The van der Waals surface area contributed by atoms with Gasteiger partial charge < -0.3 is 19.1 Å². The molecule has 2 rings (SSSR count). The molecular formula is C21H18ClF3N2O7. The van der Waals surface area contributed by atoms with Crippen molar-refractivity contribution >= 4 is 29.4 Å². The van der Waals surface area contributed by atoms with Gasteiger partial charge in [-0.3, -0.25) is 10.1 Å². The van der Waals surface area contributed by atoms with Gasteiger partial charge in [-0.15, -0.1) is 0 Å². The maximum atomic E-state index is 12.8.